The second-order valence-electron chi connectivity index (χ2n) is 5.12. The van der Waals surface area contributed by atoms with Crippen LogP contribution < -0.4 is 4.74 Å². The number of ether oxygens (including phenoxy) is 1. The standard InChI is InChI=1S/C17H20N2O2S/c1-3-19-16(20)12-22-17(19)13-9-10-18(11-13)14-5-7-15(8-6-14)21-4-2/h5-11,17H,3-4,12H2,1-2H3. The van der Waals surface area contributed by atoms with Gasteiger partial charge < -0.3 is 14.2 Å². The minimum absolute atomic E-state index is 0.140. The van der Waals surface area contributed by atoms with Gasteiger partial charge in [0.25, 0.3) is 0 Å². The molecule has 0 aliphatic carbocycles. The van der Waals surface area contributed by atoms with Crippen LogP contribution in [0.4, 0.5) is 0 Å². The molecule has 1 amide bonds. The predicted octanol–water partition coefficient (Wildman–Crippen LogP) is 3.47. The zero-order chi connectivity index (χ0) is 15.5. The summed E-state index contributed by atoms with van der Waals surface area (Å²) in [5.74, 6) is 1.69. The maximum absolute atomic E-state index is 11.8. The summed E-state index contributed by atoms with van der Waals surface area (Å²) in [5, 5.41) is 0.140. The number of nitrogens with zero attached hydrogens (tertiary/aromatic N) is 2. The summed E-state index contributed by atoms with van der Waals surface area (Å²) < 4.78 is 7.55. The molecule has 0 spiro atoms. The monoisotopic (exact) mass is 316 g/mol. The van der Waals surface area contributed by atoms with Crippen LogP contribution in [0.1, 0.15) is 24.8 Å². The fourth-order valence-corrected chi connectivity index (χ4v) is 3.92. The summed E-state index contributed by atoms with van der Waals surface area (Å²) in [6.45, 7) is 5.43. The molecule has 1 atom stereocenters. The van der Waals surface area contributed by atoms with E-state index >= 15 is 0 Å². The molecule has 0 radical (unpaired) electrons. The molecule has 4 nitrogen and oxygen atoms in total. The molecule has 3 rings (SSSR count). The SMILES string of the molecule is CCOc1ccc(-n2ccc(C3SCC(=O)N3CC)c2)cc1. The average Bonchev–Trinajstić information content (AvgIpc) is 3.14. The van der Waals surface area contributed by atoms with Gasteiger partial charge in [-0.15, -0.1) is 11.8 Å². The minimum Gasteiger partial charge on any atom is -0.494 e. The molecular formula is C17H20N2O2S. The third-order valence-corrected chi connectivity index (χ3v) is 5.01. The van der Waals surface area contributed by atoms with E-state index in [9.17, 15) is 4.79 Å². The molecule has 2 aromatic rings. The Morgan fingerprint density at radius 2 is 2.00 bits per heavy atom. The van der Waals surface area contributed by atoms with Crippen molar-refractivity contribution in [3.8, 4) is 11.4 Å². The van der Waals surface area contributed by atoms with Crippen LogP contribution in [0.5, 0.6) is 5.75 Å². The first-order valence-corrected chi connectivity index (χ1v) is 8.60. The van der Waals surface area contributed by atoms with Gasteiger partial charge in [-0.05, 0) is 44.2 Å². The lowest BCUT2D eigenvalue weighted by atomic mass is 10.3. The highest BCUT2D eigenvalue weighted by molar-refractivity contribution is 8.00. The van der Waals surface area contributed by atoms with Crippen LogP contribution in [-0.2, 0) is 4.79 Å². The Bertz CT molecular complexity index is 651. The first-order valence-electron chi connectivity index (χ1n) is 7.55. The molecular weight excluding hydrogens is 296 g/mol. The van der Waals surface area contributed by atoms with Crippen molar-refractivity contribution in [2.75, 3.05) is 18.9 Å². The topological polar surface area (TPSA) is 34.5 Å². The van der Waals surface area contributed by atoms with Gasteiger partial charge in [-0.1, -0.05) is 0 Å². The summed E-state index contributed by atoms with van der Waals surface area (Å²) in [6, 6.07) is 10.1. The van der Waals surface area contributed by atoms with E-state index < -0.39 is 0 Å². The molecule has 116 valence electrons. The number of carbonyl (C=O) groups excluding carboxylic acids is 1. The van der Waals surface area contributed by atoms with Crippen LogP contribution in [0, 0.1) is 0 Å². The lowest BCUT2D eigenvalue weighted by molar-refractivity contribution is -0.127. The summed E-state index contributed by atoms with van der Waals surface area (Å²) in [5.41, 5.74) is 2.26. The molecule has 1 aliphatic rings. The molecule has 1 aromatic heterocycles. The number of benzene rings is 1. The molecule has 0 saturated carbocycles. The highest BCUT2D eigenvalue weighted by Gasteiger charge is 2.31. The van der Waals surface area contributed by atoms with Gasteiger partial charge >= 0.3 is 0 Å². The molecule has 2 heterocycles. The average molecular weight is 316 g/mol. The van der Waals surface area contributed by atoms with Crippen molar-refractivity contribution in [1.82, 2.24) is 9.47 Å². The molecule has 1 aromatic carbocycles. The van der Waals surface area contributed by atoms with Gasteiger partial charge in [0, 0.05) is 30.2 Å². The van der Waals surface area contributed by atoms with E-state index in [1.807, 2.05) is 49.2 Å². The highest BCUT2D eigenvalue weighted by atomic mass is 32.2. The lowest BCUT2D eigenvalue weighted by Crippen LogP contribution is -2.27. The Balaban J connectivity index is 1.80. The van der Waals surface area contributed by atoms with Crippen molar-refractivity contribution in [1.29, 1.82) is 0 Å². The van der Waals surface area contributed by atoms with Crippen molar-refractivity contribution < 1.29 is 9.53 Å². The zero-order valence-electron chi connectivity index (χ0n) is 12.9. The van der Waals surface area contributed by atoms with E-state index in [1.54, 1.807) is 11.8 Å². The first-order chi connectivity index (χ1) is 10.7. The minimum atomic E-state index is 0.140. The van der Waals surface area contributed by atoms with E-state index in [0.29, 0.717) is 12.4 Å². The number of hydrogen-bond donors (Lipinski definition) is 0. The summed E-state index contributed by atoms with van der Waals surface area (Å²) in [6.07, 6.45) is 4.15. The second-order valence-corrected chi connectivity index (χ2v) is 6.19. The molecule has 1 saturated heterocycles. The molecule has 1 unspecified atom stereocenters. The number of thioether (sulfide) groups is 1. The maximum atomic E-state index is 11.8. The van der Waals surface area contributed by atoms with Gasteiger partial charge in [-0.25, -0.2) is 0 Å². The van der Waals surface area contributed by atoms with Crippen molar-refractivity contribution in [3.63, 3.8) is 0 Å². The summed E-state index contributed by atoms with van der Waals surface area (Å²) >= 11 is 1.70. The van der Waals surface area contributed by atoms with Gasteiger partial charge in [0.05, 0.1) is 12.4 Å². The Morgan fingerprint density at radius 1 is 1.23 bits per heavy atom. The van der Waals surface area contributed by atoms with Crippen LogP contribution >= 0.6 is 11.8 Å². The third-order valence-electron chi connectivity index (χ3n) is 3.76. The van der Waals surface area contributed by atoms with Gasteiger partial charge in [0.2, 0.25) is 5.91 Å². The van der Waals surface area contributed by atoms with E-state index in [-0.39, 0.29) is 11.3 Å². The largest absolute Gasteiger partial charge is 0.494 e. The Morgan fingerprint density at radius 3 is 2.68 bits per heavy atom. The maximum Gasteiger partial charge on any atom is 0.233 e. The van der Waals surface area contributed by atoms with Crippen LogP contribution in [-0.4, -0.2) is 34.3 Å². The van der Waals surface area contributed by atoms with Gasteiger partial charge in [0.1, 0.15) is 11.1 Å². The van der Waals surface area contributed by atoms with Gasteiger partial charge in [0.15, 0.2) is 0 Å². The highest BCUT2D eigenvalue weighted by Crippen LogP contribution is 2.38. The van der Waals surface area contributed by atoms with Crippen molar-refractivity contribution in [2.45, 2.75) is 19.2 Å². The fraction of sp³-hybridized carbons (Fsp3) is 0.353. The van der Waals surface area contributed by atoms with Crippen molar-refractivity contribution in [3.05, 3.63) is 48.3 Å². The number of hydrogen-bond acceptors (Lipinski definition) is 3. The van der Waals surface area contributed by atoms with E-state index in [4.69, 9.17) is 4.74 Å². The number of rotatable bonds is 5. The number of aromatic nitrogens is 1. The normalized spacial score (nSPS) is 18.0. The Kier molecular flexibility index (Phi) is 4.43. The second kappa shape index (κ2) is 6.48. The van der Waals surface area contributed by atoms with Gasteiger partial charge in [-0.3, -0.25) is 4.79 Å². The van der Waals surface area contributed by atoms with E-state index in [0.717, 1.165) is 18.0 Å². The quantitative estimate of drug-likeness (QED) is 0.847. The Labute approximate surface area is 135 Å². The number of amides is 1. The predicted molar refractivity (Wildman–Crippen MR) is 89.5 cm³/mol. The molecule has 1 fully saturated rings. The Hall–Kier alpha value is -1.88. The number of carbonyl (C=O) groups is 1. The molecule has 0 bridgehead atoms. The smallest absolute Gasteiger partial charge is 0.233 e. The molecule has 22 heavy (non-hydrogen) atoms. The fourth-order valence-electron chi connectivity index (χ4n) is 2.67. The van der Waals surface area contributed by atoms with E-state index in [1.165, 1.54) is 5.56 Å². The van der Waals surface area contributed by atoms with Crippen LogP contribution in [0.15, 0.2) is 42.7 Å². The van der Waals surface area contributed by atoms with Gasteiger partial charge in [-0.2, -0.15) is 0 Å². The lowest BCUT2D eigenvalue weighted by Gasteiger charge is -2.21. The summed E-state index contributed by atoms with van der Waals surface area (Å²) in [7, 11) is 0. The van der Waals surface area contributed by atoms with Crippen molar-refractivity contribution in [2.24, 2.45) is 0 Å². The van der Waals surface area contributed by atoms with Crippen molar-refractivity contribution >= 4 is 17.7 Å². The van der Waals surface area contributed by atoms with Crippen LogP contribution in [0.25, 0.3) is 5.69 Å². The zero-order valence-corrected chi connectivity index (χ0v) is 13.7. The molecule has 0 N–H and O–H groups in total. The summed E-state index contributed by atoms with van der Waals surface area (Å²) in [4.78, 5) is 13.8. The molecule has 1 aliphatic heterocycles. The first kappa shape index (κ1) is 15.0. The van der Waals surface area contributed by atoms with Crippen LogP contribution in [0.3, 0.4) is 0 Å². The van der Waals surface area contributed by atoms with E-state index in [2.05, 4.69) is 16.8 Å². The van der Waals surface area contributed by atoms with Crippen LogP contribution in [0.2, 0.25) is 0 Å². The third kappa shape index (κ3) is 2.86. The molecule has 5 heteroatoms.